The van der Waals surface area contributed by atoms with Gasteiger partial charge in [-0.15, -0.1) is 5.10 Å². The van der Waals surface area contributed by atoms with Crippen molar-refractivity contribution >= 4 is 0 Å². The molecule has 0 amide bonds. The lowest BCUT2D eigenvalue weighted by Crippen LogP contribution is -2.01. The predicted octanol–water partition coefficient (Wildman–Crippen LogP) is 1.16. The summed E-state index contributed by atoms with van der Waals surface area (Å²) in [4.78, 5) is 0. The summed E-state index contributed by atoms with van der Waals surface area (Å²) in [5, 5.41) is 16.2. The number of aliphatic hydroxyl groups is 1. The molecule has 7 heteroatoms. The average Bonchev–Trinajstić information content (AvgIpc) is 2.73. The van der Waals surface area contributed by atoms with Crippen LogP contribution in [0.15, 0.2) is 18.3 Å². The lowest BCUT2D eigenvalue weighted by atomic mass is 10.2. The molecule has 2 rings (SSSR count). The second-order valence-electron chi connectivity index (χ2n) is 3.72. The van der Waals surface area contributed by atoms with Crippen LogP contribution < -0.4 is 4.74 Å². The minimum atomic E-state index is -0.858. The highest BCUT2D eigenvalue weighted by atomic mass is 19.1. The first-order chi connectivity index (χ1) is 8.60. The summed E-state index contributed by atoms with van der Waals surface area (Å²) >= 11 is 0. The second kappa shape index (κ2) is 5.09. The zero-order chi connectivity index (χ0) is 13.1. The smallest absolute Gasteiger partial charge is 0.191 e. The molecule has 0 saturated heterocycles. The Kier molecular flexibility index (Phi) is 3.52. The van der Waals surface area contributed by atoms with Crippen LogP contribution in [-0.2, 0) is 20.3 Å². The van der Waals surface area contributed by atoms with Crippen molar-refractivity contribution in [3.63, 3.8) is 0 Å². The average molecular weight is 255 g/mol. The monoisotopic (exact) mass is 255 g/mol. The number of aryl methyl sites for hydroxylation is 1. The molecule has 0 unspecified atom stereocenters. The summed E-state index contributed by atoms with van der Waals surface area (Å²) in [7, 11) is 1.67. The topological polar surface area (TPSA) is 60.2 Å². The number of aromatic nitrogens is 3. The minimum absolute atomic E-state index is 0.0832. The van der Waals surface area contributed by atoms with Crippen molar-refractivity contribution in [3.8, 4) is 5.75 Å². The van der Waals surface area contributed by atoms with Crippen LogP contribution in [0.25, 0.3) is 0 Å². The number of nitrogens with zero attached hydrogens (tertiary/aromatic N) is 3. The largest absolute Gasteiger partial charge is 0.481 e. The molecule has 0 aliphatic heterocycles. The third-order valence-corrected chi connectivity index (χ3v) is 2.26. The van der Waals surface area contributed by atoms with Crippen molar-refractivity contribution in [2.24, 2.45) is 7.05 Å². The SMILES string of the molecule is Cn1cc(COc2c(F)cc(CO)cc2F)nn1. The van der Waals surface area contributed by atoms with Gasteiger partial charge < -0.3 is 9.84 Å². The summed E-state index contributed by atoms with van der Waals surface area (Å²) in [5.74, 6) is -2.20. The molecule has 0 aliphatic carbocycles. The number of rotatable bonds is 4. The number of hydrogen-bond acceptors (Lipinski definition) is 4. The highest BCUT2D eigenvalue weighted by molar-refractivity contribution is 5.31. The fraction of sp³-hybridized carbons (Fsp3) is 0.273. The van der Waals surface area contributed by atoms with Crippen LogP contribution in [0.4, 0.5) is 8.78 Å². The van der Waals surface area contributed by atoms with Crippen LogP contribution >= 0.6 is 0 Å². The molecule has 1 N–H and O–H groups in total. The van der Waals surface area contributed by atoms with Gasteiger partial charge in [0, 0.05) is 7.05 Å². The standard InChI is InChI=1S/C11H11F2N3O2/c1-16-4-8(14-15-16)6-18-11-9(12)2-7(5-17)3-10(11)13/h2-4,17H,5-6H2,1H3. The van der Waals surface area contributed by atoms with Crippen LogP contribution in [0.1, 0.15) is 11.3 Å². The van der Waals surface area contributed by atoms with Gasteiger partial charge in [0.05, 0.1) is 12.8 Å². The van der Waals surface area contributed by atoms with E-state index in [1.807, 2.05) is 0 Å². The third-order valence-electron chi connectivity index (χ3n) is 2.26. The molecule has 18 heavy (non-hydrogen) atoms. The van der Waals surface area contributed by atoms with Crippen molar-refractivity contribution in [1.29, 1.82) is 0 Å². The van der Waals surface area contributed by atoms with E-state index in [1.165, 1.54) is 4.68 Å². The molecule has 2 aromatic rings. The van der Waals surface area contributed by atoms with Gasteiger partial charge in [0.25, 0.3) is 0 Å². The van der Waals surface area contributed by atoms with Crippen molar-refractivity contribution in [3.05, 3.63) is 41.2 Å². The molecule has 1 aromatic carbocycles. The van der Waals surface area contributed by atoms with Gasteiger partial charge in [-0.3, -0.25) is 4.68 Å². The summed E-state index contributed by atoms with van der Waals surface area (Å²) in [5.41, 5.74) is 0.611. The van der Waals surface area contributed by atoms with E-state index in [-0.39, 0.29) is 12.2 Å². The van der Waals surface area contributed by atoms with E-state index in [4.69, 9.17) is 9.84 Å². The molecular weight excluding hydrogens is 244 g/mol. The van der Waals surface area contributed by atoms with Gasteiger partial charge in [-0.2, -0.15) is 0 Å². The Morgan fingerprint density at radius 2 is 2.00 bits per heavy atom. The van der Waals surface area contributed by atoms with E-state index in [1.54, 1.807) is 13.2 Å². The molecule has 0 bridgehead atoms. The first kappa shape index (κ1) is 12.4. The van der Waals surface area contributed by atoms with E-state index in [0.717, 1.165) is 12.1 Å². The Morgan fingerprint density at radius 1 is 1.33 bits per heavy atom. The highest BCUT2D eigenvalue weighted by Gasteiger charge is 2.13. The molecule has 0 saturated carbocycles. The van der Waals surface area contributed by atoms with Gasteiger partial charge in [0.15, 0.2) is 17.4 Å². The van der Waals surface area contributed by atoms with Gasteiger partial charge >= 0.3 is 0 Å². The van der Waals surface area contributed by atoms with Crippen LogP contribution in [-0.4, -0.2) is 20.1 Å². The molecule has 96 valence electrons. The first-order valence-electron chi connectivity index (χ1n) is 5.17. The van der Waals surface area contributed by atoms with Gasteiger partial charge in [-0.25, -0.2) is 8.78 Å². The number of ether oxygens (including phenoxy) is 1. The van der Waals surface area contributed by atoms with Gasteiger partial charge in [0.2, 0.25) is 0 Å². The predicted molar refractivity (Wildman–Crippen MR) is 57.6 cm³/mol. The fourth-order valence-electron chi connectivity index (χ4n) is 1.45. The summed E-state index contributed by atoms with van der Waals surface area (Å²) in [6.07, 6.45) is 1.58. The molecule has 1 heterocycles. The quantitative estimate of drug-likeness (QED) is 0.890. The van der Waals surface area contributed by atoms with E-state index in [9.17, 15) is 8.78 Å². The van der Waals surface area contributed by atoms with Crippen LogP contribution in [0.5, 0.6) is 5.75 Å². The molecular formula is C11H11F2N3O2. The molecule has 0 atom stereocenters. The van der Waals surface area contributed by atoms with Crippen molar-refractivity contribution in [2.45, 2.75) is 13.2 Å². The zero-order valence-corrected chi connectivity index (χ0v) is 9.60. The fourth-order valence-corrected chi connectivity index (χ4v) is 1.45. The Hall–Kier alpha value is -2.02. The highest BCUT2D eigenvalue weighted by Crippen LogP contribution is 2.24. The summed E-state index contributed by atoms with van der Waals surface area (Å²) in [6, 6.07) is 2.05. The number of halogens is 2. The minimum Gasteiger partial charge on any atom is -0.481 e. The van der Waals surface area contributed by atoms with Gasteiger partial charge in [0.1, 0.15) is 12.3 Å². The number of benzene rings is 1. The van der Waals surface area contributed by atoms with Crippen LogP contribution in [0.2, 0.25) is 0 Å². The van der Waals surface area contributed by atoms with Crippen molar-refractivity contribution in [1.82, 2.24) is 15.0 Å². The van der Waals surface area contributed by atoms with Crippen LogP contribution in [0.3, 0.4) is 0 Å². The maximum atomic E-state index is 13.5. The zero-order valence-electron chi connectivity index (χ0n) is 9.60. The summed E-state index contributed by atoms with van der Waals surface area (Å²) in [6.45, 7) is -0.515. The van der Waals surface area contributed by atoms with E-state index < -0.39 is 24.0 Å². The van der Waals surface area contributed by atoms with Gasteiger partial charge in [-0.1, -0.05) is 5.21 Å². The Morgan fingerprint density at radius 3 is 2.50 bits per heavy atom. The van der Waals surface area contributed by atoms with E-state index in [0.29, 0.717) is 5.69 Å². The molecule has 1 aromatic heterocycles. The maximum Gasteiger partial charge on any atom is 0.191 e. The van der Waals surface area contributed by atoms with E-state index in [2.05, 4.69) is 10.3 Å². The van der Waals surface area contributed by atoms with E-state index >= 15 is 0 Å². The number of hydrogen-bond donors (Lipinski definition) is 1. The normalized spacial score (nSPS) is 10.7. The Balaban J connectivity index is 2.14. The molecule has 0 aliphatic rings. The molecule has 5 nitrogen and oxygen atoms in total. The lowest BCUT2D eigenvalue weighted by Gasteiger charge is -2.07. The van der Waals surface area contributed by atoms with Crippen molar-refractivity contribution < 1.29 is 18.6 Å². The van der Waals surface area contributed by atoms with Crippen molar-refractivity contribution in [2.75, 3.05) is 0 Å². The molecule has 0 fully saturated rings. The molecule has 0 radical (unpaired) electrons. The number of aliphatic hydroxyl groups excluding tert-OH is 1. The van der Waals surface area contributed by atoms with Gasteiger partial charge in [-0.05, 0) is 17.7 Å². The summed E-state index contributed by atoms with van der Waals surface area (Å²) < 4.78 is 33.5. The molecule has 0 spiro atoms. The second-order valence-corrected chi connectivity index (χ2v) is 3.72. The Labute approximate surface area is 102 Å². The third kappa shape index (κ3) is 2.62. The maximum absolute atomic E-state index is 13.5. The lowest BCUT2D eigenvalue weighted by molar-refractivity contribution is 0.263. The first-order valence-corrected chi connectivity index (χ1v) is 5.17. The van der Waals surface area contributed by atoms with Crippen LogP contribution in [0, 0.1) is 11.6 Å². The Bertz CT molecular complexity index is 534.